The van der Waals surface area contributed by atoms with Gasteiger partial charge in [0.25, 0.3) is 0 Å². The summed E-state index contributed by atoms with van der Waals surface area (Å²) >= 11 is 3.38. The van der Waals surface area contributed by atoms with Crippen LogP contribution in [-0.2, 0) is 14.8 Å². The van der Waals surface area contributed by atoms with E-state index >= 15 is 0 Å². The van der Waals surface area contributed by atoms with Crippen LogP contribution < -0.4 is 10.1 Å². The number of hydrogen-bond donors (Lipinski definition) is 1. The van der Waals surface area contributed by atoms with Gasteiger partial charge in [-0.25, -0.2) is 8.42 Å². The molecule has 0 spiro atoms. The highest BCUT2D eigenvalue weighted by Crippen LogP contribution is 2.22. The van der Waals surface area contributed by atoms with Crippen molar-refractivity contribution in [1.29, 1.82) is 0 Å². The number of amides is 1. The number of nitrogens with zero attached hydrogens (tertiary/aromatic N) is 1. The molecule has 0 atom stereocenters. The lowest BCUT2D eigenvalue weighted by Crippen LogP contribution is -2.27. The Bertz CT molecular complexity index is 910. The topological polar surface area (TPSA) is 75.7 Å². The van der Waals surface area contributed by atoms with E-state index in [2.05, 4.69) is 21.2 Å². The van der Waals surface area contributed by atoms with E-state index in [9.17, 15) is 13.2 Å². The van der Waals surface area contributed by atoms with Gasteiger partial charge >= 0.3 is 0 Å². The number of ether oxygens (including phenoxy) is 1. The fourth-order valence-corrected chi connectivity index (χ4v) is 4.89. The Morgan fingerprint density at radius 3 is 2.50 bits per heavy atom. The van der Waals surface area contributed by atoms with Gasteiger partial charge in [-0.2, -0.15) is 4.31 Å². The van der Waals surface area contributed by atoms with Crippen molar-refractivity contribution in [2.24, 2.45) is 0 Å². The number of carbonyl (C=O) groups excluding carboxylic acids is 1. The van der Waals surface area contributed by atoms with Crippen LogP contribution in [0, 0.1) is 0 Å². The van der Waals surface area contributed by atoms with Crippen LogP contribution in [0.15, 0.2) is 57.9 Å². The molecule has 0 aliphatic carbocycles. The molecule has 1 aliphatic heterocycles. The van der Waals surface area contributed by atoms with Gasteiger partial charge in [0.05, 0.1) is 11.5 Å². The number of carbonyl (C=O) groups is 1. The van der Waals surface area contributed by atoms with Crippen molar-refractivity contribution in [3.8, 4) is 5.75 Å². The van der Waals surface area contributed by atoms with Gasteiger partial charge < -0.3 is 10.1 Å². The first-order chi connectivity index (χ1) is 13.4. The third-order valence-electron chi connectivity index (χ3n) is 4.45. The molecular weight excluding hydrogens is 444 g/mol. The molecule has 1 aliphatic rings. The Kier molecular flexibility index (Phi) is 7.09. The lowest BCUT2D eigenvalue weighted by Gasteiger charge is -2.15. The van der Waals surface area contributed by atoms with Crippen molar-refractivity contribution >= 4 is 37.5 Å². The Hall–Kier alpha value is -1.90. The summed E-state index contributed by atoms with van der Waals surface area (Å²) in [7, 11) is -3.43. The summed E-state index contributed by atoms with van der Waals surface area (Å²) in [5.74, 6) is 0.623. The lowest BCUT2D eigenvalue weighted by molar-refractivity contribution is -0.116. The van der Waals surface area contributed by atoms with E-state index in [1.165, 1.54) is 4.31 Å². The van der Waals surface area contributed by atoms with Gasteiger partial charge in [-0.3, -0.25) is 4.79 Å². The molecule has 1 fully saturated rings. The number of hydrogen-bond acceptors (Lipinski definition) is 4. The molecule has 0 radical (unpaired) electrons. The quantitative estimate of drug-likeness (QED) is 0.595. The molecule has 28 heavy (non-hydrogen) atoms. The van der Waals surface area contributed by atoms with Gasteiger partial charge in [-0.05, 0) is 61.7 Å². The number of nitrogens with one attached hydrogen (secondary N) is 1. The molecule has 150 valence electrons. The number of benzene rings is 2. The maximum absolute atomic E-state index is 12.5. The van der Waals surface area contributed by atoms with E-state index in [0.29, 0.717) is 38.2 Å². The maximum Gasteiger partial charge on any atom is 0.243 e. The fraction of sp³-hybridized carbons (Fsp3) is 0.350. The van der Waals surface area contributed by atoms with E-state index < -0.39 is 10.0 Å². The second-order valence-corrected chi connectivity index (χ2v) is 9.45. The predicted octanol–water partition coefficient (Wildman–Crippen LogP) is 4.03. The molecule has 1 amide bonds. The average molecular weight is 467 g/mol. The van der Waals surface area contributed by atoms with Gasteiger partial charge in [0, 0.05) is 29.7 Å². The Labute approximate surface area is 174 Å². The summed E-state index contributed by atoms with van der Waals surface area (Å²) in [6, 6.07) is 13.9. The highest BCUT2D eigenvalue weighted by Gasteiger charge is 2.26. The van der Waals surface area contributed by atoms with E-state index in [4.69, 9.17) is 4.74 Å². The van der Waals surface area contributed by atoms with E-state index in [1.807, 2.05) is 24.3 Å². The molecule has 0 unspecified atom stereocenters. The first kappa shape index (κ1) is 20.8. The van der Waals surface area contributed by atoms with E-state index in [1.54, 1.807) is 24.3 Å². The van der Waals surface area contributed by atoms with Crippen LogP contribution >= 0.6 is 15.9 Å². The first-order valence-electron chi connectivity index (χ1n) is 9.23. The summed E-state index contributed by atoms with van der Waals surface area (Å²) in [6.07, 6.45) is 2.71. The molecule has 0 aromatic heterocycles. The standard InChI is InChI=1S/C20H23BrN2O4S/c21-16-5-3-6-18(15-16)27-14-4-7-20(24)22-17-8-10-19(11-9-17)28(25,26)23-12-1-2-13-23/h3,5-6,8-11,15H,1-2,4,7,12-14H2,(H,22,24). The molecule has 8 heteroatoms. The second kappa shape index (κ2) is 9.54. The number of halogens is 1. The third-order valence-corrected chi connectivity index (χ3v) is 6.86. The molecule has 2 aromatic carbocycles. The lowest BCUT2D eigenvalue weighted by atomic mass is 10.2. The van der Waals surface area contributed by atoms with Crippen LogP contribution in [0.2, 0.25) is 0 Å². The summed E-state index contributed by atoms with van der Waals surface area (Å²) < 4.78 is 33.1. The molecule has 0 saturated carbocycles. The van der Waals surface area contributed by atoms with Gasteiger partial charge in [-0.1, -0.05) is 22.0 Å². The molecular formula is C20H23BrN2O4S. The smallest absolute Gasteiger partial charge is 0.243 e. The molecule has 1 N–H and O–H groups in total. The van der Waals surface area contributed by atoms with Crippen molar-refractivity contribution in [1.82, 2.24) is 4.31 Å². The summed E-state index contributed by atoms with van der Waals surface area (Å²) in [5, 5.41) is 2.79. The molecule has 6 nitrogen and oxygen atoms in total. The van der Waals surface area contributed by atoms with Crippen molar-refractivity contribution in [2.45, 2.75) is 30.6 Å². The summed E-state index contributed by atoms with van der Waals surface area (Å²) in [5.41, 5.74) is 0.582. The zero-order chi connectivity index (χ0) is 20.0. The maximum atomic E-state index is 12.5. The monoisotopic (exact) mass is 466 g/mol. The van der Waals surface area contributed by atoms with Crippen LogP contribution in [0.3, 0.4) is 0 Å². The van der Waals surface area contributed by atoms with Crippen molar-refractivity contribution < 1.29 is 17.9 Å². The summed E-state index contributed by atoms with van der Waals surface area (Å²) in [6.45, 7) is 1.59. The van der Waals surface area contributed by atoms with Gasteiger partial charge in [-0.15, -0.1) is 0 Å². The zero-order valence-corrected chi connectivity index (χ0v) is 17.8. The van der Waals surface area contributed by atoms with E-state index in [-0.39, 0.29) is 10.8 Å². The molecule has 0 bridgehead atoms. The molecule has 1 saturated heterocycles. The third kappa shape index (κ3) is 5.56. The number of sulfonamides is 1. The van der Waals surface area contributed by atoms with E-state index in [0.717, 1.165) is 23.1 Å². The molecule has 3 rings (SSSR count). The van der Waals surface area contributed by atoms with Crippen LogP contribution in [0.1, 0.15) is 25.7 Å². The van der Waals surface area contributed by atoms with Crippen LogP contribution in [0.25, 0.3) is 0 Å². The summed E-state index contributed by atoms with van der Waals surface area (Å²) in [4.78, 5) is 12.3. The average Bonchev–Trinajstić information content (AvgIpc) is 3.21. The zero-order valence-electron chi connectivity index (χ0n) is 15.4. The fourth-order valence-electron chi connectivity index (χ4n) is 2.99. The second-order valence-electron chi connectivity index (χ2n) is 6.59. The minimum Gasteiger partial charge on any atom is -0.494 e. The number of anilines is 1. The Morgan fingerprint density at radius 1 is 1.11 bits per heavy atom. The van der Waals surface area contributed by atoms with Crippen LogP contribution in [-0.4, -0.2) is 38.3 Å². The SMILES string of the molecule is O=C(CCCOc1cccc(Br)c1)Nc1ccc(S(=O)(=O)N2CCCC2)cc1. The predicted molar refractivity (Wildman–Crippen MR) is 112 cm³/mol. The minimum atomic E-state index is -3.43. The first-order valence-corrected chi connectivity index (χ1v) is 11.5. The van der Waals surface area contributed by atoms with Crippen LogP contribution in [0.5, 0.6) is 5.75 Å². The van der Waals surface area contributed by atoms with Gasteiger partial charge in [0.15, 0.2) is 0 Å². The van der Waals surface area contributed by atoms with Crippen LogP contribution in [0.4, 0.5) is 5.69 Å². The van der Waals surface area contributed by atoms with Crippen molar-refractivity contribution in [3.63, 3.8) is 0 Å². The van der Waals surface area contributed by atoms with Gasteiger partial charge in [0.1, 0.15) is 5.75 Å². The van der Waals surface area contributed by atoms with Gasteiger partial charge in [0.2, 0.25) is 15.9 Å². The minimum absolute atomic E-state index is 0.131. The normalized spacial score (nSPS) is 14.8. The Balaban J connectivity index is 1.45. The largest absolute Gasteiger partial charge is 0.494 e. The highest BCUT2D eigenvalue weighted by atomic mass is 79.9. The number of rotatable bonds is 8. The van der Waals surface area contributed by atoms with Crippen molar-refractivity contribution in [2.75, 3.05) is 25.0 Å². The molecule has 1 heterocycles. The Morgan fingerprint density at radius 2 is 1.82 bits per heavy atom. The molecule has 2 aromatic rings. The van der Waals surface area contributed by atoms with Crippen molar-refractivity contribution in [3.05, 3.63) is 53.0 Å². The highest BCUT2D eigenvalue weighted by molar-refractivity contribution is 9.10.